The number of carbonyl (C=O) groups is 3. The van der Waals surface area contributed by atoms with Gasteiger partial charge in [0.15, 0.2) is 0 Å². The Morgan fingerprint density at radius 2 is 1.61 bits per heavy atom. The molecule has 0 bridgehead atoms. The second kappa shape index (κ2) is 13.1. The van der Waals surface area contributed by atoms with E-state index in [1.807, 2.05) is 0 Å². The molecule has 0 aliphatic rings. The van der Waals surface area contributed by atoms with E-state index < -0.39 is 48.3 Å². The summed E-state index contributed by atoms with van der Waals surface area (Å²) < 4.78 is 47.4. The first-order valence-electron chi connectivity index (χ1n) is 10.9. The number of benzene rings is 1. The lowest BCUT2D eigenvalue weighted by Crippen LogP contribution is -2.53. The Balaban J connectivity index is 2.92. The van der Waals surface area contributed by atoms with Crippen molar-refractivity contribution in [2.45, 2.75) is 83.7 Å². The molecule has 2 atom stereocenters. The van der Waals surface area contributed by atoms with E-state index in [1.54, 1.807) is 58.0 Å². The van der Waals surface area contributed by atoms with Gasteiger partial charge in [0.2, 0.25) is 5.91 Å². The molecule has 2 N–H and O–H groups in total. The maximum absolute atomic E-state index is 13.0. The van der Waals surface area contributed by atoms with E-state index in [2.05, 4.69) is 10.6 Å². The number of unbranched alkanes of at least 4 members (excludes halogenated alkanes) is 1. The highest BCUT2D eigenvalue weighted by Gasteiger charge is 2.30. The van der Waals surface area contributed by atoms with Crippen molar-refractivity contribution < 1.29 is 37.0 Å². The van der Waals surface area contributed by atoms with Gasteiger partial charge in [0.05, 0.1) is 6.61 Å². The van der Waals surface area contributed by atoms with Crippen molar-refractivity contribution in [3.63, 3.8) is 0 Å². The Morgan fingerprint density at radius 3 is 2.15 bits per heavy atom. The Morgan fingerprint density at radius 1 is 0.970 bits per heavy atom. The third kappa shape index (κ3) is 12.7. The Kier molecular flexibility index (Phi) is 11.2. The van der Waals surface area contributed by atoms with E-state index in [0.29, 0.717) is 0 Å². The molecule has 0 aliphatic carbocycles. The standard InChI is InChI=1S/C23H33F3N2O5/c1-5-32-20(30)17(13-9-10-14-23(24,25)26)27-19(29)18(15-16-11-7-6-8-12-16)28-21(31)33-22(2,3)4/h6-8,11-12,17-18H,5,9-10,13-15H2,1-4H3,(H,27,29)(H,28,31)/t17?,18-/m1/s1. The van der Waals surface area contributed by atoms with Crippen LogP contribution >= 0.6 is 0 Å². The molecule has 1 aromatic carbocycles. The molecule has 1 unspecified atom stereocenters. The smallest absolute Gasteiger partial charge is 0.408 e. The molecule has 0 radical (unpaired) electrons. The lowest BCUT2D eigenvalue weighted by molar-refractivity contribution is -0.148. The SMILES string of the molecule is CCOC(=O)C(CCCCC(F)(F)F)NC(=O)[C@@H](Cc1ccccc1)NC(=O)OC(C)(C)C. The molecule has 0 fully saturated rings. The average Bonchev–Trinajstić information content (AvgIpc) is 2.68. The predicted octanol–water partition coefficient (Wildman–Crippen LogP) is 4.29. The van der Waals surface area contributed by atoms with Crippen molar-refractivity contribution in [1.29, 1.82) is 0 Å². The van der Waals surface area contributed by atoms with Crippen LogP contribution in [0.4, 0.5) is 18.0 Å². The maximum Gasteiger partial charge on any atom is 0.408 e. The number of nitrogens with one attached hydrogen (secondary N) is 2. The number of alkyl carbamates (subject to hydrolysis) is 1. The number of halogens is 3. The summed E-state index contributed by atoms with van der Waals surface area (Å²) in [4.78, 5) is 37.6. The topological polar surface area (TPSA) is 93.7 Å². The fourth-order valence-electron chi connectivity index (χ4n) is 2.95. The van der Waals surface area contributed by atoms with Gasteiger partial charge >= 0.3 is 18.2 Å². The summed E-state index contributed by atoms with van der Waals surface area (Å²) in [6.07, 6.45) is -6.10. The predicted molar refractivity (Wildman–Crippen MR) is 116 cm³/mol. The van der Waals surface area contributed by atoms with Gasteiger partial charge in [0.25, 0.3) is 0 Å². The quantitative estimate of drug-likeness (QED) is 0.369. The van der Waals surface area contributed by atoms with Crippen LogP contribution in [-0.2, 0) is 25.5 Å². The summed E-state index contributed by atoms with van der Waals surface area (Å²) in [7, 11) is 0. The van der Waals surface area contributed by atoms with Crippen molar-refractivity contribution in [3.8, 4) is 0 Å². The normalized spacial score (nSPS) is 13.5. The highest BCUT2D eigenvalue weighted by molar-refractivity contribution is 5.89. The number of hydrogen-bond donors (Lipinski definition) is 2. The van der Waals surface area contributed by atoms with Crippen molar-refractivity contribution >= 4 is 18.0 Å². The van der Waals surface area contributed by atoms with Crippen LogP contribution in [0.15, 0.2) is 30.3 Å². The van der Waals surface area contributed by atoms with Gasteiger partial charge in [0.1, 0.15) is 17.7 Å². The molecule has 7 nitrogen and oxygen atoms in total. The lowest BCUT2D eigenvalue weighted by atomic mass is 10.0. The molecule has 33 heavy (non-hydrogen) atoms. The molecule has 0 heterocycles. The number of ether oxygens (including phenoxy) is 2. The molecule has 1 rings (SSSR count). The van der Waals surface area contributed by atoms with E-state index in [1.165, 1.54) is 0 Å². The van der Waals surface area contributed by atoms with Gasteiger partial charge < -0.3 is 20.1 Å². The number of esters is 1. The fraction of sp³-hybridized carbons (Fsp3) is 0.609. The summed E-state index contributed by atoms with van der Waals surface area (Å²) >= 11 is 0. The van der Waals surface area contributed by atoms with E-state index >= 15 is 0 Å². The Hall–Kier alpha value is -2.78. The number of hydrogen-bond acceptors (Lipinski definition) is 5. The summed E-state index contributed by atoms with van der Waals surface area (Å²) in [6.45, 7) is 6.67. The fourth-order valence-corrected chi connectivity index (χ4v) is 2.95. The van der Waals surface area contributed by atoms with E-state index in [0.717, 1.165) is 5.56 Å². The summed E-state index contributed by atoms with van der Waals surface area (Å²) in [5.41, 5.74) is -0.0318. The van der Waals surface area contributed by atoms with E-state index in [9.17, 15) is 27.6 Å². The van der Waals surface area contributed by atoms with Crippen LogP contribution in [0.3, 0.4) is 0 Å². The molecule has 186 valence electrons. The van der Waals surface area contributed by atoms with Crippen molar-refractivity contribution in [2.24, 2.45) is 0 Å². The molecule has 0 spiro atoms. The molecule has 10 heteroatoms. The lowest BCUT2D eigenvalue weighted by Gasteiger charge is -2.25. The van der Waals surface area contributed by atoms with Crippen LogP contribution in [0.25, 0.3) is 0 Å². The van der Waals surface area contributed by atoms with Crippen LogP contribution in [0, 0.1) is 0 Å². The molecule has 0 aliphatic heterocycles. The van der Waals surface area contributed by atoms with Gasteiger partial charge in [-0.15, -0.1) is 0 Å². The minimum Gasteiger partial charge on any atom is -0.464 e. The first-order chi connectivity index (χ1) is 15.3. The van der Waals surface area contributed by atoms with Gasteiger partial charge in [-0.05, 0) is 46.1 Å². The first kappa shape index (κ1) is 28.3. The van der Waals surface area contributed by atoms with Crippen LogP contribution in [0.5, 0.6) is 0 Å². The number of alkyl halides is 3. The summed E-state index contributed by atoms with van der Waals surface area (Å²) in [5.74, 6) is -1.41. The zero-order chi connectivity index (χ0) is 25.1. The van der Waals surface area contributed by atoms with Gasteiger partial charge in [-0.3, -0.25) is 4.79 Å². The van der Waals surface area contributed by atoms with Crippen LogP contribution < -0.4 is 10.6 Å². The molecular weight excluding hydrogens is 441 g/mol. The molecule has 2 amide bonds. The third-order valence-electron chi connectivity index (χ3n) is 4.38. The number of rotatable bonds is 11. The first-order valence-corrected chi connectivity index (χ1v) is 10.9. The van der Waals surface area contributed by atoms with Crippen molar-refractivity contribution in [3.05, 3.63) is 35.9 Å². The summed E-state index contributed by atoms with van der Waals surface area (Å²) in [5, 5.41) is 5.03. The number of amides is 2. The van der Waals surface area contributed by atoms with E-state index in [4.69, 9.17) is 9.47 Å². The maximum atomic E-state index is 13.0. The molecule has 0 saturated heterocycles. The zero-order valence-electron chi connectivity index (χ0n) is 19.5. The second-order valence-electron chi connectivity index (χ2n) is 8.56. The van der Waals surface area contributed by atoms with E-state index in [-0.39, 0.29) is 32.3 Å². The van der Waals surface area contributed by atoms with Gasteiger partial charge in [-0.2, -0.15) is 13.2 Å². The number of carbonyl (C=O) groups excluding carboxylic acids is 3. The minimum atomic E-state index is -4.29. The monoisotopic (exact) mass is 474 g/mol. The zero-order valence-corrected chi connectivity index (χ0v) is 19.5. The molecule has 0 aromatic heterocycles. The van der Waals surface area contributed by atoms with Gasteiger partial charge in [-0.25, -0.2) is 9.59 Å². The summed E-state index contributed by atoms with van der Waals surface area (Å²) in [6, 6.07) is 6.70. The highest BCUT2D eigenvalue weighted by atomic mass is 19.4. The second-order valence-corrected chi connectivity index (χ2v) is 8.56. The average molecular weight is 475 g/mol. The van der Waals surface area contributed by atoms with Crippen LogP contribution in [-0.4, -0.2) is 48.4 Å². The van der Waals surface area contributed by atoms with Gasteiger partial charge in [-0.1, -0.05) is 36.8 Å². The third-order valence-corrected chi connectivity index (χ3v) is 4.38. The van der Waals surface area contributed by atoms with Crippen molar-refractivity contribution in [2.75, 3.05) is 6.61 Å². The van der Waals surface area contributed by atoms with Crippen LogP contribution in [0.1, 0.15) is 58.9 Å². The van der Waals surface area contributed by atoms with Crippen LogP contribution in [0.2, 0.25) is 0 Å². The molecule has 1 aromatic rings. The van der Waals surface area contributed by atoms with Gasteiger partial charge in [0, 0.05) is 12.8 Å². The molecule has 0 saturated carbocycles. The molecular formula is C23H33F3N2O5. The minimum absolute atomic E-state index is 0.0227. The van der Waals surface area contributed by atoms with Crippen molar-refractivity contribution in [1.82, 2.24) is 10.6 Å². The Bertz CT molecular complexity index is 764. The largest absolute Gasteiger partial charge is 0.464 e. The highest BCUT2D eigenvalue weighted by Crippen LogP contribution is 2.23. The Labute approximate surface area is 192 Å².